The molecule has 8 nitrogen and oxygen atoms in total. The van der Waals surface area contributed by atoms with E-state index in [1.54, 1.807) is 36.1 Å². The fraction of sp³-hybridized carbons (Fsp3) is 0.542. The van der Waals surface area contributed by atoms with Gasteiger partial charge in [-0.1, -0.05) is 19.1 Å². The van der Waals surface area contributed by atoms with Crippen molar-refractivity contribution in [1.82, 2.24) is 9.80 Å². The summed E-state index contributed by atoms with van der Waals surface area (Å²) < 4.78 is 20.0. The molecule has 186 valence electrons. The van der Waals surface area contributed by atoms with Crippen LogP contribution >= 0.6 is 0 Å². The van der Waals surface area contributed by atoms with Gasteiger partial charge in [-0.05, 0) is 52.5 Å². The Balaban J connectivity index is 2.02. The van der Waals surface area contributed by atoms with E-state index in [0.717, 1.165) is 0 Å². The third-order valence-corrected chi connectivity index (χ3v) is 9.20. The van der Waals surface area contributed by atoms with Crippen LogP contribution in [0.1, 0.15) is 38.1 Å². The second-order valence-corrected chi connectivity index (χ2v) is 15.6. The van der Waals surface area contributed by atoms with Gasteiger partial charge >= 0.3 is 5.97 Å². The van der Waals surface area contributed by atoms with Crippen molar-refractivity contribution in [2.24, 2.45) is 11.8 Å². The number of β-lactam (4-membered cyclic amide) rings is 1. The van der Waals surface area contributed by atoms with Gasteiger partial charge in [-0.15, -0.1) is 0 Å². The number of benzene rings is 1. The van der Waals surface area contributed by atoms with E-state index in [4.69, 9.17) is 4.43 Å². The topological polar surface area (TPSA) is 110 Å². The summed E-state index contributed by atoms with van der Waals surface area (Å²) in [6.07, 6.45) is -0.373. The highest BCUT2D eigenvalue weighted by molar-refractivity contribution is 7.95. The lowest BCUT2D eigenvalue weighted by Gasteiger charge is -2.48. The van der Waals surface area contributed by atoms with Crippen molar-refractivity contribution in [3.05, 3.63) is 40.4 Å². The zero-order valence-electron chi connectivity index (χ0n) is 20.8. The Kier molecular flexibility index (Phi) is 7.66. The second kappa shape index (κ2) is 9.85. The molecule has 1 aromatic rings. The number of carboxylic acids is 1. The Morgan fingerprint density at radius 1 is 1.24 bits per heavy atom. The zero-order chi connectivity index (χ0) is 25.5. The average Bonchev–Trinajstić information content (AvgIpc) is 3.01. The van der Waals surface area contributed by atoms with Gasteiger partial charge in [0.15, 0.2) is 23.8 Å². The number of rotatable bonds is 9. The fourth-order valence-electron chi connectivity index (χ4n) is 4.99. The molecular formula is C24H34N2O6SSi. The minimum absolute atomic E-state index is 0.174. The van der Waals surface area contributed by atoms with E-state index in [0.29, 0.717) is 13.1 Å². The van der Waals surface area contributed by atoms with E-state index in [1.807, 2.05) is 40.4 Å². The number of hydrogen-bond donors (Lipinski definition) is 1. The van der Waals surface area contributed by atoms with Crippen molar-refractivity contribution in [3.8, 4) is 0 Å². The summed E-state index contributed by atoms with van der Waals surface area (Å²) in [4.78, 5) is 41.8. The number of aliphatic carboxylic acids is 1. The number of hydrogen-bond acceptors (Lipinski definition) is 5. The third-order valence-electron chi connectivity index (χ3n) is 6.40. The molecule has 10 heteroatoms. The minimum atomic E-state index is -1.93. The van der Waals surface area contributed by atoms with Gasteiger partial charge in [0.1, 0.15) is 0 Å². The van der Waals surface area contributed by atoms with Gasteiger partial charge in [0.2, 0.25) is 5.91 Å². The highest BCUT2D eigenvalue weighted by Crippen LogP contribution is 2.50. The van der Waals surface area contributed by atoms with Gasteiger partial charge in [0, 0.05) is 24.3 Å². The number of carboxylic acid groups (broad SMARTS) is 1. The summed E-state index contributed by atoms with van der Waals surface area (Å²) in [6.45, 7) is 14.5. The van der Waals surface area contributed by atoms with E-state index < -0.39 is 43.3 Å². The molecule has 34 heavy (non-hydrogen) atoms. The van der Waals surface area contributed by atoms with Crippen molar-refractivity contribution < 1.29 is 28.5 Å². The summed E-state index contributed by atoms with van der Waals surface area (Å²) in [6, 6.07) is 6.15. The largest absolute Gasteiger partial charge is 0.607 e. The molecule has 0 spiro atoms. The smallest absolute Gasteiger partial charge is 0.357 e. The van der Waals surface area contributed by atoms with Gasteiger partial charge in [-0.25, -0.2) is 4.79 Å². The number of carbonyl (C=O) groups excluding carboxylic acids is 2. The number of carbonyl (C=O) groups is 3. The lowest BCUT2D eigenvalue weighted by Crippen LogP contribution is -2.64. The molecule has 2 amide bonds. The van der Waals surface area contributed by atoms with Crippen LogP contribution in [-0.4, -0.2) is 70.8 Å². The van der Waals surface area contributed by atoms with Crippen molar-refractivity contribution >= 4 is 37.3 Å². The van der Waals surface area contributed by atoms with E-state index in [2.05, 4.69) is 0 Å². The van der Waals surface area contributed by atoms with Crippen LogP contribution in [0, 0.1) is 11.8 Å². The van der Waals surface area contributed by atoms with Crippen molar-refractivity contribution in [2.75, 3.05) is 13.1 Å². The fourth-order valence-corrected chi connectivity index (χ4v) is 7.89. The van der Waals surface area contributed by atoms with Crippen LogP contribution in [0.3, 0.4) is 0 Å². The lowest BCUT2D eigenvalue weighted by molar-refractivity contribution is -0.162. The normalized spacial score (nSPS) is 23.9. The molecular weight excluding hydrogens is 472 g/mol. The third kappa shape index (κ3) is 4.56. The van der Waals surface area contributed by atoms with Crippen LogP contribution < -0.4 is 0 Å². The molecule has 1 fully saturated rings. The standard InChI is InChI=1S/C24H34N2O6SSi/c1-8-25(9-2)22(27)16-12-10-11-13-17(16)33(31)21-14(3)19-18(15(4)32-34(5,6)7)23(28)26(19)20(21)24(29)30/h10-15,18-19H,8-9H2,1-7H3,(H,29,30)/t14-,15-,18-,19-,33?/m1/s1. The Hall–Kier alpha value is -2.14. The van der Waals surface area contributed by atoms with Crippen molar-refractivity contribution in [2.45, 2.75) is 64.4 Å². The molecule has 0 aromatic heterocycles. The Morgan fingerprint density at radius 2 is 1.82 bits per heavy atom. The first kappa shape index (κ1) is 26.5. The molecule has 5 atom stereocenters. The van der Waals surface area contributed by atoms with Crippen LogP contribution in [0.4, 0.5) is 0 Å². The van der Waals surface area contributed by atoms with E-state index in [9.17, 15) is 24.0 Å². The SMILES string of the molecule is CCN(CC)C(=O)c1ccccc1[S+]([O-])C1=C(C(=O)O)N2C(=O)[C@H]([C@@H](C)O[Si](C)(C)C)[C@H]2[C@H]1C. The van der Waals surface area contributed by atoms with Gasteiger partial charge < -0.3 is 19.0 Å². The summed E-state index contributed by atoms with van der Waals surface area (Å²) in [7, 11) is -1.93. The molecule has 1 saturated heterocycles. The molecule has 0 bridgehead atoms. The number of fused-ring (bicyclic) bond motifs is 1. The van der Waals surface area contributed by atoms with Gasteiger partial charge in [-0.2, -0.15) is 0 Å². The predicted molar refractivity (Wildman–Crippen MR) is 132 cm³/mol. The zero-order valence-corrected chi connectivity index (χ0v) is 22.6. The predicted octanol–water partition coefficient (Wildman–Crippen LogP) is 3.29. The average molecular weight is 507 g/mol. The summed E-state index contributed by atoms with van der Waals surface area (Å²) in [5.41, 5.74) is 0.0453. The van der Waals surface area contributed by atoms with Crippen LogP contribution in [0.25, 0.3) is 0 Å². The van der Waals surface area contributed by atoms with Crippen molar-refractivity contribution in [1.29, 1.82) is 0 Å². The molecule has 2 aliphatic rings. The summed E-state index contributed by atoms with van der Waals surface area (Å²) >= 11 is -1.93. The first-order valence-corrected chi connectivity index (χ1v) is 16.2. The highest BCUT2D eigenvalue weighted by atomic mass is 32.2. The monoisotopic (exact) mass is 506 g/mol. The maximum Gasteiger partial charge on any atom is 0.357 e. The van der Waals surface area contributed by atoms with Crippen LogP contribution in [-0.2, 0) is 25.2 Å². The van der Waals surface area contributed by atoms with Crippen LogP contribution in [0.2, 0.25) is 19.6 Å². The molecule has 0 saturated carbocycles. The molecule has 0 aliphatic carbocycles. The van der Waals surface area contributed by atoms with Crippen LogP contribution in [0.15, 0.2) is 39.8 Å². The Bertz CT molecular complexity index is 1020. The molecule has 1 unspecified atom stereocenters. The van der Waals surface area contributed by atoms with Gasteiger partial charge in [-0.3, -0.25) is 14.5 Å². The highest BCUT2D eigenvalue weighted by Gasteiger charge is 2.63. The maximum atomic E-state index is 13.9. The van der Waals surface area contributed by atoms with E-state index in [1.165, 1.54) is 4.90 Å². The molecule has 2 aliphatic heterocycles. The minimum Gasteiger partial charge on any atom is -0.607 e. The van der Waals surface area contributed by atoms with Gasteiger partial charge in [0.25, 0.3) is 5.91 Å². The Morgan fingerprint density at radius 3 is 2.35 bits per heavy atom. The summed E-state index contributed by atoms with van der Waals surface area (Å²) in [5.74, 6) is -2.83. The molecule has 0 radical (unpaired) electrons. The van der Waals surface area contributed by atoms with Gasteiger partial charge in [0.05, 0.1) is 29.5 Å². The summed E-state index contributed by atoms with van der Waals surface area (Å²) in [5, 5.41) is 10.0. The molecule has 2 heterocycles. The molecule has 1 aromatic carbocycles. The number of nitrogens with zero attached hydrogens (tertiary/aromatic N) is 2. The van der Waals surface area contributed by atoms with E-state index >= 15 is 0 Å². The van der Waals surface area contributed by atoms with E-state index in [-0.39, 0.29) is 39.0 Å². The first-order valence-electron chi connectivity index (χ1n) is 11.6. The Labute approximate surface area is 205 Å². The first-order chi connectivity index (χ1) is 15.9. The second-order valence-electron chi connectivity index (χ2n) is 9.71. The van der Waals surface area contributed by atoms with Crippen molar-refractivity contribution in [3.63, 3.8) is 0 Å². The lowest BCUT2D eigenvalue weighted by atomic mass is 9.79. The van der Waals surface area contributed by atoms with Crippen LogP contribution in [0.5, 0.6) is 0 Å². The number of amides is 2. The quantitative estimate of drug-likeness (QED) is 0.313. The molecule has 1 N–H and O–H groups in total. The molecule has 3 rings (SSSR count). The maximum absolute atomic E-state index is 13.9.